The van der Waals surface area contributed by atoms with Crippen molar-refractivity contribution in [3.05, 3.63) is 54.9 Å². The Balaban J connectivity index is 1.11. The molecule has 35 heavy (non-hydrogen) atoms. The minimum absolute atomic E-state index is 0.0213. The summed E-state index contributed by atoms with van der Waals surface area (Å²) in [5.74, 6) is 0.826. The molecule has 180 valence electrons. The molecule has 0 aromatic carbocycles. The van der Waals surface area contributed by atoms with Gasteiger partial charge in [0.1, 0.15) is 0 Å². The van der Waals surface area contributed by atoms with E-state index in [2.05, 4.69) is 42.1 Å². The Hall–Kier alpha value is -3.79. The van der Waals surface area contributed by atoms with Gasteiger partial charge in [-0.1, -0.05) is 6.07 Å². The molecule has 2 aliphatic heterocycles. The summed E-state index contributed by atoms with van der Waals surface area (Å²) in [6.45, 7) is 4.60. The van der Waals surface area contributed by atoms with Gasteiger partial charge < -0.3 is 14.5 Å². The molecule has 0 radical (unpaired) electrons. The summed E-state index contributed by atoms with van der Waals surface area (Å²) in [6.07, 6.45) is 12.7. The van der Waals surface area contributed by atoms with Crippen molar-refractivity contribution in [2.24, 2.45) is 13.0 Å². The van der Waals surface area contributed by atoms with Crippen LogP contribution in [0.3, 0.4) is 0 Å². The van der Waals surface area contributed by atoms with E-state index in [-0.39, 0.29) is 11.7 Å². The molecule has 0 spiro atoms. The van der Waals surface area contributed by atoms with Gasteiger partial charge in [0.25, 0.3) is 0 Å². The predicted molar refractivity (Wildman–Crippen MR) is 132 cm³/mol. The molecule has 2 fully saturated rings. The van der Waals surface area contributed by atoms with Gasteiger partial charge in [-0.05, 0) is 18.9 Å². The summed E-state index contributed by atoms with van der Waals surface area (Å²) in [5, 5.41) is 8.86. The molecule has 0 amide bonds. The van der Waals surface area contributed by atoms with Crippen molar-refractivity contribution in [3.8, 4) is 11.1 Å². The van der Waals surface area contributed by atoms with Crippen LogP contribution < -0.4 is 9.80 Å². The lowest BCUT2D eigenvalue weighted by molar-refractivity contribution is 0.0544. The number of aromatic nitrogens is 6. The summed E-state index contributed by atoms with van der Waals surface area (Å²) >= 11 is 0. The van der Waals surface area contributed by atoms with E-state index in [1.807, 2.05) is 36.4 Å². The highest BCUT2D eigenvalue weighted by Crippen LogP contribution is 2.27. The van der Waals surface area contributed by atoms with E-state index in [0.717, 1.165) is 61.4 Å². The first-order valence-electron chi connectivity index (χ1n) is 12.1. The first-order valence-corrected chi connectivity index (χ1v) is 12.1. The van der Waals surface area contributed by atoms with Crippen molar-refractivity contribution in [1.29, 1.82) is 0 Å². The van der Waals surface area contributed by atoms with Crippen LogP contribution >= 0.6 is 0 Å². The Bertz CT molecular complexity index is 1330. The van der Waals surface area contributed by atoms with Crippen molar-refractivity contribution >= 4 is 22.9 Å². The fourth-order valence-corrected chi connectivity index (χ4v) is 4.91. The van der Waals surface area contributed by atoms with Crippen LogP contribution in [0.25, 0.3) is 16.6 Å². The summed E-state index contributed by atoms with van der Waals surface area (Å²) in [6, 6.07) is 4.24. The van der Waals surface area contributed by atoms with Gasteiger partial charge in [-0.15, -0.1) is 0 Å². The molecule has 0 bridgehead atoms. The van der Waals surface area contributed by atoms with Gasteiger partial charge >= 0.3 is 0 Å². The zero-order chi connectivity index (χ0) is 23.8. The molecule has 0 saturated carbocycles. The number of hydrogen-bond acceptors (Lipinski definition) is 8. The molecule has 2 aliphatic rings. The molecular formula is C25H28N8O2. The quantitative estimate of drug-likeness (QED) is 0.409. The van der Waals surface area contributed by atoms with Crippen molar-refractivity contribution < 1.29 is 9.53 Å². The lowest BCUT2D eigenvalue weighted by atomic mass is 9.92. The highest BCUT2D eigenvalue weighted by Gasteiger charge is 2.25. The van der Waals surface area contributed by atoms with E-state index in [0.29, 0.717) is 24.7 Å². The number of aryl methyl sites for hydroxylation is 1. The van der Waals surface area contributed by atoms with Gasteiger partial charge in [0.05, 0.1) is 29.2 Å². The molecule has 0 N–H and O–H groups in total. The molecule has 4 aromatic heterocycles. The van der Waals surface area contributed by atoms with E-state index in [9.17, 15) is 4.79 Å². The third-order valence-corrected chi connectivity index (χ3v) is 6.95. The minimum atomic E-state index is 0.0213. The molecule has 6 rings (SSSR count). The third-order valence-electron chi connectivity index (χ3n) is 6.95. The Morgan fingerprint density at radius 2 is 1.63 bits per heavy atom. The number of nitrogens with zero attached hydrogens (tertiary/aromatic N) is 8. The maximum atomic E-state index is 12.7. The second kappa shape index (κ2) is 9.10. The smallest absolute Gasteiger partial charge is 0.225 e. The number of piperazine rings is 1. The highest BCUT2D eigenvalue weighted by atomic mass is 16.5. The van der Waals surface area contributed by atoms with Gasteiger partial charge in [-0.25, -0.2) is 14.5 Å². The molecular weight excluding hydrogens is 444 g/mol. The molecule has 0 aliphatic carbocycles. The standard InChI is InChI=1S/C25H28N8O2/c1-30-16-21(14-28-30)19-2-3-22-23(15-29-33(22)17-19)31-6-8-32(9-7-31)25-26-12-20(13-27-25)24(34)18-4-10-35-11-5-18/h2-3,12-18H,4-11H2,1H3. The zero-order valence-electron chi connectivity index (χ0n) is 19.7. The summed E-state index contributed by atoms with van der Waals surface area (Å²) in [5.41, 5.74) is 4.96. The first-order chi connectivity index (χ1) is 17.2. The average Bonchev–Trinajstić information content (AvgIpc) is 3.55. The van der Waals surface area contributed by atoms with E-state index >= 15 is 0 Å². The Labute approximate surface area is 203 Å². The SMILES string of the molecule is Cn1cc(-c2ccc3c(N4CCN(c5ncc(C(=O)C6CCOCC6)cn5)CC4)cnn3c2)cn1. The number of hydrogen-bond donors (Lipinski definition) is 0. The second-order valence-electron chi connectivity index (χ2n) is 9.18. The number of carbonyl (C=O) groups excluding carboxylic acids is 1. The van der Waals surface area contributed by atoms with Crippen LogP contribution in [0.15, 0.2) is 49.3 Å². The van der Waals surface area contributed by atoms with Crippen molar-refractivity contribution in [2.45, 2.75) is 12.8 Å². The van der Waals surface area contributed by atoms with Crippen LogP contribution in [0.5, 0.6) is 0 Å². The molecule has 4 aromatic rings. The maximum Gasteiger partial charge on any atom is 0.225 e. The number of carbonyl (C=O) groups is 1. The Kier molecular flexibility index (Phi) is 5.65. The monoisotopic (exact) mass is 472 g/mol. The predicted octanol–water partition coefficient (Wildman–Crippen LogP) is 2.46. The van der Waals surface area contributed by atoms with Gasteiger partial charge in [0.15, 0.2) is 5.78 Å². The summed E-state index contributed by atoms with van der Waals surface area (Å²) < 4.78 is 9.10. The van der Waals surface area contributed by atoms with Crippen molar-refractivity contribution in [3.63, 3.8) is 0 Å². The number of fused-ring (bicyclic) bond motifs is 1. The van der Waals surface area contributed by atoms with Gasteiger partial charge in [0, 0.05) is 88.3 Å². The topological polar surface area (TPSA) is 93.7 Å². The normalized spacial score (nSPS) is 17.3. The average molecular weight is 473 g/mol. The van der Waals surface area contributed by atoms with Crippen LogP contribution in [0.1, 0.15) is 23.2 Å². The number of ether oxygens (including phenoxy) is 1. The van der Waals surface area contributed by atoms with Crippen LogP contribution in [0.4, 0.5) is 11.6 Å². The fourth-order valence-electron chi connectivity index (χ4n) is 4.91. The number of Topliss-reactive ketones (excluding diaryl/α,β-unsaturated/α-hetero) is 1. The molecule has 0 unspecified atom stereocenters. The van der Waals surface area contributed by atoms with Crippen LogP contribution in [-0.2, 0) is 11.8 Å². The first kappa shape index (κ1) is 21.7. The fraction of sp³-hybridized carbons (Fsp3) is 0.400. The maximum absolute atomic E-state index is 12.7. The second-order valence-corrected chi connectivity index (χ2v) is 9.18. The lowest BCUT2D eigenvalue weighted by Crippen LogP contribution is -2.47. The van der Waals surface area contributed by atoms with Crippen LogP contribution in [-0.4, -0.2) is 74.5 Å². The van der Waals surface area contributed by atoms with E-state index < -0.39 is 0 Å². The van der Waals surface area contributed by atoms with Crippen LogP contribution in [0.2, 0.25) is 0 Å². The van der Waals surface area contributed by atoms with Crippen molar-refractivity contribution in [2.75, 3.05) is 49.2 Å². The minimum Gasteiger partial charge on any atom is -0.381 e. The van der Waals surface area contributed by atoms with E-state index in [1.54, 1.807) is 17.1 Å². The summed E-state index contributed by atoms with van der Waals surface area (Å²) in [4.78, 5) is 26.3. The Morgan fingerprint density at radius 3 is 2.34 bits per heavy atom. The van der Waals surface area contributed by atoms with E-state index in [1.165, 1.54) is 0 Å². The van der Waals surface area contributed by atoms with Gasteiger partial charge in [-0.2, -0.15) is 10.2 Å². The molecule has 6 heterocycles. The van der Waals surface area contributed by atoms with Crippen molar-refractivity contribution in [1.82, 2.24) is 29.4 Å². The van der Waals surface area contributed by atoms with E-state index in [4.69, 9.17) is 4.74 Å². The van der Waals surface area contributed by atoms with Gasteiger partial charge in [-0.3, -0.25) is 9.48 Å². The number of rotatable bonds is 5. The molecule has 10 heteroatoms. The molecule has 2 saturated heterocycles. The largest absolute Gasteiger partial charge is 0.381 e. The number of ketones is 1. The third kappa shape index (κ3) is 4.25. The highest BCUT2D eigenvalue weighted by molar-refractivity contribution is 5.97. The zero-order valence-corrected chi connectivity index (χ0v) is 19.7. The Morgan fingerprint density at radius 1 is 0.886 bits per heavy atom. The van der Waals surface area contributed by atoms with Crippen LogP contribution in [0, 0.1) is 5.92 Å². The number of pyridine rings is 1. The molecule has 0 atom stereocenters. The lowest BCUT2D eigenvalue weighted by Gasteiger charge is -2.35. The summed E-state index contributed by atoms with van der Waals surface area (Å²) in [7, 11) is 1.92. The number of anilines is 2. The van der Waals surface area contributed by atoms with Gasteiger partial charge in [0.2, 0.25) is 5.95 Å². The molecule has 10 nitrogen and oxygen atoms in total.